The van der Waals surface area contributed by atoms with Crippen LogP contribution in [0.1, 0.15) is 29.8 Å². The minimum Gasteiger partial charge on any atom is -0.469 e. The third kappa shape index (κ3) is 2.31. The van der Waals surface area contributed by atoms with Crippen LogP contribution in [-0.4, -0.2) is 30.0 Å². The van der Waals surface area contributed by atoms with E-state index in [0.29, 0.717) is 11.7 Å². The maximum atomic E-state index is 12.7. The minimum atomic E-state index is -0.360. The number of ether oxygens (including phenoxy) is 1. The van der Waals surface area contributed by atoms with Gasteiger partial charge >= 0.3 is 5.97 Å². The predicted molar refractivity (Wildman–Crippen MR) is 81.8 cm³/mol. The summed E-state index contributed by atoms with van der Waals surface area (Å²) >= 11 is 0. The molecule has 2 saturated carbocycles. The summed E-state index contributed by atoms with van der Waals surface area (Å²) in [6.45, 7) is 0. The highest BCUT2D eigenvalue weighted by molar-refractivity contribution is 5.97. The van der Waals surface area contributed by atoms with Gasteiger partial charge in [0.25, 0.3) is 5.91 Å². The van der Waals surface area contributed by atoms with E-state index < -0.39 is 0 Å². The number of nitrogens with one attached hydrogen (secondary N) is 1. The van der Waals surface area contributed by atoms with Crippen LogP contribution in [0.4, 0.5) is 0 Å². The SMILES string of the molecule is COC(=O)[C@@H]1[C@H]2CC[C@@H](C2)[C@H]1NC(=O)c1ncoc1-c1ccco1. The third-order valence-corrected chi connectivity index (χ3v) is 5.21. The molecule has 0 aromatic carbocycles. The van der Waals surface area contributed by atoms with Crippen molar-refractivity contribution in [2.24, 2.45) is 17.8 Å². The summed E-state index contributed by atoms with van der Waals surface area (Å²) in [7, 11) is 1.39. The molecule has 4 atom stereocenters. The lowest BCUT2D eigenvalue weighted by Gasteiger charge is -2.29. The molecule has 2 aliphatic carbocycles. The van der Waals surface area contributed by atoms with Gasteiger partial charge in [-0.3, -0.25) is 9.59 Å². The minimum absolute atomic E-state index is 0.163. The Morgan fingerprint density at radius 3 is 2.88 bits per heavy atom. The maximum absolute atomic E-state index is 12.7. The van der Waals surface area contributed by atoms with E-state index in [1.807, 2.05) is 0 Å². The molecule has 0 unspecified atom stereocenters. The normalized spacial score (nSPS) is 28.0. The van der Waals surface area contributed by atoms with Gasteiger partial charge < -0.3 is 18.9 Å². The fraction of sp³-hybridized carbons (Fsp3) is 0.471. The van der Waals surface area contributed by atoms with Crippen molar-refractivity contribution in [2.75, 3.05) is 7.11 Å². The van der Waals surface area contributed by atoms with Gasteiger partial charge in [-0.1, -0.05) is 0 Å². The van der Waals surface area contributed by atoms with E-state index >= 15 is 0 Å². The first-order valence-electron chi connectivity index (χ1n) is 8.05. The van der Waals surface area contributed by atoms with Crippen molar-refractivity contribution in [1.29, 1.82) is 0 Å². The van der Waals surface area contributed by atoms with Crippen molar-refractivity contribution < 1.29 is 23.2 Å². The Bertz CT molecular complexity index is 751. The van der Waals surface area contributed by atoms with Crippen LogP contribution in [0.25, 0.3) is 11.5 Å². The summed E-state index contributed by atoms with van der Waals surface area (Å²) in [6.07, 6.45) is 5.70. The summed E-state index contributed by atoms with van der Waals surface area (Å²) in [5.74, 6) is 0.430. The molecule has 24 heavy (non-hydrogen) atoms. The van der Waals surface area contributed by atoms with Crippen LogP contribution < -0.4 is 5.32 Å². The first-order chi connectivity index (χ1) is 11.7. The molecule has 1 amide bonds. The fourth-order valence-electron chi connectivity index (χ4n) is 4.18. The number of amides is 1. The summed E-state index contributed by atoms with van der Waals surface area (Å²) in [5, 5.41) is 2.98. The standard InChI is InChI=1S/C17H18N2O5/c1-22-17(21)12-9-4-5-10(7-9)13(12)19-16(20)14-15(24-8-18-14)11-3-2-6-23-11/h2-3,6,8-10,12-13H,4-5,7H2,1H3,(H,19,20)/t9-,10-,12+,13+/m0/s1. The number of carbonyl (C=O) groups is 2. The molecule has 0 radical (unpaired) electrons. The third-order valence-electron chi connectivity index (χ3n) is 5.21. The van der Waals surface area contributed by atoms with Crippen LogP contribution in [0, 0.1) is 17.8 Å². The van der Waals surface area contributed by atoms with Crippen molar-refractivity contribution in [1.82, 2.24) is 10.3 Å². The maximum Gasteiger partial charge on any atom is 0.311 e. The van der Waals surface area contributed by atoms with Gasteiger partial charge in [-0.25, -0.2) is 4.98 Å². The number of hydrogen-bond donors (Lipinski definition) is 1. The van der Waals surface area contributed by atoms with Gasteiger partial charge in [-0.2, -0.15) is 0 Å². The largest absolute Gasteiger partial charge is 0.469 e. The molecule has 2 fully saturated rings. The molecule has 7 nitrogen and oxygen atoms in total. The molecule has 4 rings (SSSR count). The van der Waals surface area contributed by atoms with Crippen molar-refractivity contribution in [2.45, 2.75) is 25.3 Å². The number of nitrogens with zero attached hydrogens (tertiary/aromatic N) is 1. The lowest BCUT2D eigenvalue weighted by atomic mass is 9.84. The highest BCUT2D eigenvalue weighted by Crippen LogP contribution is 2.49. The first kappa shape index (κ1) is 15.0. The number of rotatable bonds is 4. The summed E-state index contributed by atoms with van der Waals surface area (Å²) in [6, 6.07) is 3.19. The highest BCUT2D eigenvalue weighted by Gasteiger charge is 2.52. The molecule has 2 aromatic rings. The number of esters is 1. The number of carbonyl (C=O) groups excluding carboxylic acids is 2. The molecule has 2 bridgehead atoms. The molecule has 0 saturated heterocycles. The van der Waals surface area contributed by atoms with E-state index in [4.69, 9.17) is 13.6 Å². The van der Waals surface area contributed by atoms with Crippen molar-refractivity contribution >= 4 is 11.9 Å². The molecule has 7 heteroatoms. The van der Waals surface area contributed by atoms with Crippen LogP contribution in [0.3, 0.4) is 0 Å². The zero-order chi connectivity index (χ0) is 16.7. The second-order valence-electron chi connectivity index (χ2n) is 6.39. The molecular formula is C17H18N2O5. The topological polar surface area (TPSA) is 94.6 Å². The van der Waals surface area contributed by atoms with Gasteiger partial charge in [0.2, 0.25) is 5.76 Å². The van der Waals surface area contributed by atoms with E-state index in [2.05, 4.69) is 10.3 Å². The molecule has 2 aliphatic rings. The van der Waals surface area contributed by atoms with Gasteiger partial charge in [0, 0.05) is 6.04 Å². The van der Waals surface area contributed by atoms with E-state index in [-0.39, 0.29) is 41.2 Å². The molecule has 126 valence electrons. The first-order valence-corrected chi connectivity index (χ1v) is 8.05. The zero-order valence-electron chi connectivity index (χ0n) is 13.2. The second-order valence-corrected chi connectivity index (χ2v) is 6.39. The van der Waals surface area contributed by atoms with Crippen LogP contribution in [0.2, 0.25) is 0 Å². The average Bonchev–Trinajstić information content (AvgIpc) is 3.36. The Kier molecular flexibility index (Phi) is 3.63. The van der Waals surface area contributed by atoms with E-state index in [9.17, 15) is 9.59 Å². The Morgan fingerprint density at radius 1 is 1.29 bits per heavy atom. The lowest BCUT2D eigenvalue weighted by Crippen LogP contribution is -2.47. The Hall–Kier alpha value is -2.57. The zero-order valence-corrected chi connectivity index (χ0v) is 13.2. The Morgan fingerprint density at radius 2 is 2.12 bits per heavy atom. The quantitative estimate of drug-likeness (QED) is 0.864. The Balaban J connectivity index is 1.56. The summed E-state index contributed by atoms with van der Waals surface area (Å²) in [5.41, 5.74) is 0.163. The second kappa shape index (κ2) is 5.81. The van der Waals surface area contributed by atoms with Gasteiger partial charge in [0.05, 0.1) is 19.3 Å². The summed E-state index contributed by atoms with van der Waals surface area (Å²) in [4.78, 5) is 28.8. The van der Waals surface area contributed by atoms with Gasteiger partial charge in [0.1, 0.15) is 0 Å². The van der Waals surface area contributed by atoms with Gasteiger partial charge in [-0.05, 0) is 43.2 Å². The van der Waals surface area contributed by atoms with Crippen LogP contribution >= 0.6 is 0 Å². The monoisotopic (exact) mass is 330 g/mol. The van der Waals surface area contributed by atoms with Crippen molar-refractivity contribution in [3.8, 4) is 11.5 Å². The molecule has 0 spiro atoms. The predicted octanol–water partition coefficient (Wildman–Crippen LogP) is 2.25. The van der Waals surface area contributed by atoms with E-state index in [1.54, 1.807) is 12.1 Å². The molecule has 2 aromatic heterocycles. The van der Waals surface area contributed by atoms with Gasteiger partial charge in [-0.15, -0.1) is 0 Å². The number of oxazole rings is 1. The number of hydrogen-bond acceptors (Lipinski definition) is 6. The molecule has 0 aliphatic heterocycles. The fourth-order valence-corrected chi connectivity index (χ4v) is 4.18. The Labute approximate surface area is 138 Å². The smallest absolute Gasteiger partial charge is 0.311 e. The molecule has 1 N–H and O–H groups in total. The van der Waals surface area contributed by atoms with Crippen LogP contribution in [0.5, 0.6) is 0 Å². The van der Waals surface area contributed by atoms with Crippen LogP contribution in [0.15, 0.2) is 33.6 Å². The lowest BCUT2D eigenvalue weighted by molar-refractivity contribution is -0.148. The van der Waals surface area contributed by atoms with E-state index in [1.165, 1.54) is 19.8 Å². The summed E-state index contributed by atoms with van der Waals surface area (Å²) < 4.78 is 15.5. The number of fused-ring (bicyclic) bond motifs is 2. The molecule has 2 heterocycles. The number of methoxy groups -OCH3 is 1. The highest BCUT2D eigenvalue weighted by atomic mass is 16.5. The average molecular weight is 330 g/mol. The van der Waals surface area contributed by atoms with Crippen molar-refractivity contribution in [3.05, 3.63) is 30.5 Å². The molecular weight excluding hydrogens is 312 g/mol. The van der Waals surface area contributed by atoms with E-state index in [0.717, 1.165) is 19.3 Å². The number of furan rings is 1. The van der Waals surface area contributed by atoms with Crippen molar-refractivity contribution in [3.63, 3.8) is 0 Å². The number of aromatic nitrogens is 1. The van der Waals surface area contributed by atoms with Crippen LogP contribution in [-0.2, 0) is 9.53 Å². The van der Waals surface area contributed by atoms with Gasteiger partial charge in [0.15, 0.2) is 17.8 Å².